The summed E-state index contributed by atoms with van der Waals surface area (Å²) in [6.07, 6.45) is 0. The largest absolute Gasteiger partial charge is 0.497 e. The first-order chi connectivity index (χ1) is 15.5. The SMILES string of the molecule is COc1ccc(-c2nc(-c3ccc(OC)cc3)c(-c3ccc(Cl)cc3Cl)cc2CN)cc1. The van der Waals surface area contributed by atoms with Crippen LogP contribution in [0.3, 0.4) is 0 Å². The van der Waals surface area contributed by atoms with Crippen LogP contribution in [0.4, 0.5) is 0 Å². The van der Waals surface area contributed by atoms with Crippen LogP contribution in [0.25, 0.3) is 33.6 Å². The molecule has 0 bridgehead atoms. The van der Waals surface area contributed by atoms with Gasteiger partial charge in [-0.1, -0.05) is 29.3 Å². The number of pyridine rings is 1. The number of ether oxygens (including phenoxy) is 2. The Morgan fingerprint density at radius 3 is 1.78 bits per heavy atom. The number of halogens is 2. The maximum atomic E-state index is 6.58. The molecule has 0 aliphatic rings. The van der Waals surface area contributed by atoms with Crippen molar-refractivity contribution in [3.05, 3.63) is 88.4 Å². The summed E-state index contributed by atoms with van der Waals surface area (Å²) in [6, 6.07) is 23.1. The fourth-order valence-electron chi connectivity index (χ4n) is 3.59. The quantitative estimate of drug-likeness (QED) is 0.338. The van der Waals surface area contributed by atoms with Crippen molar-refractivity contribution in [3.8, 4) is 45.1 Å². The lowest BCUT2D eigenvalue weighted by Crippen LogP contribution is -2.04. The summed E-state index contributed by atoms with van der Waals surface area (Å²) < 4.78 is 10.6. The van der Waals surface area contributed by atoms with E-state index in [1.165, 1.54) is 0 Å². The number of nitrogens with zero attached hydrogens (tertiary/aromatic N) is 1. The molecule has 2 N–H and O–H groups in total. The molecule has 1 heterocycles. The van der Waals surface area contributed by atoms with Crippen molar-refractivity contribution in [2.24, 2.45) is 5.73 Å². The highest BCUT2D eigenvalue weighted by Gasteiger charge is 2.18. The number of nitrogens with two attached hydrogens (primary N) is 1. The second-order valence-corrected chi connectivity index (χ2v) is 8.02. The van der Waals surface area contributed by atoms with Gasteiger partial charge in [0, 0.05) is 38.8 Å². The van der Waals surface area contributed by atoms with E-state index in [2.05, 4.69) is 6.07 Å². The standard InChI is InChI=1S/C26H22Cl2N2O2/c1-31-20-8-3-16(4-9-20)25-18(15-29)13-23(22-12-7-19(27)14-24(22)28)26(30-25)17-5-10-21(32-2)11-6-17/h3-14H,15,29H2,1-2H3. The maximum Gasteiger partial charge on any atom is 0.118 e. The number of hydrogen-bond donors (Lipinski definition) is 1. The number of rotatable bonds is 6. The zero-order valence-corrected chi connectivity index (χ0v) is 19.2. The molecular weight excluding hydrogens is 443 g/mol. The van der Waals surface area contributed by atoms with Gasteiger partial charge in [-0.05, 0) is 72.3 Å². The van der Waals surface area contributed by atoms with Gasteiger partial charge in [-0.15, -0.1) is 0 Å². The van der Waals surface area contributed by atoms with Gasteiger partial charge in [0.05, 0.1) is 25.6 Å². The Labute approximate surface area is 197 Å². The van der Waals surface area contributed by atoms with Gasteiger partial charge in [-0.3, -0.25) is 0 Å². The van der Waals surface area contributed by atoms with Crippen LogP contribution in [0.5, 0.6) is 11.5 Å². The van der Waals surface area contributed by atoms with Gasteiger partial charge >= 0.3 is 0 Å². The molecule has 4 aromatic rings. The Kier molecular flexibility index (Phi) is 6.66. The molecule has 0 aliphatic carbocycles. The Bertz CT molecular complexity index is 1240. The molecule has 32 heavy (non-hydrogen) atoms. The normalized spacial score (nSPS) is 10.8. The second-order valence-electron chi connectivity index (χ2n) is 7.18. The molecule has 4 nitrogen and oxygen atoms in total. The van der Waals surface area contributed by atoms with Crippen molar-refractivity contribution in [1.29, 1.82) is 0 Å². The minimum Gasteiger partial charge on any atom is -0.497 e. The zero-order valence-electron chi connectivity index (χ0n) is 17.7. The predicted molar refractivity (Wildman–Crippen MR) is 132 cm³/mol. The van der Waals surface area contributed by atoms with Crippen LogP contribution in [0.2, 0.25) is 10.0 Å². The first kappa shape index (κ1) is 22.2. The van der Waals surface area contributed by atoms with E-state index in [9.17, 15) is 0 Å². The van der Waals surface area contributed by atoms with E-state index in [1.807, 2.05) is 60.7 Å². The fraction of sp³-hybridized carbons (Fsp3) is 0.115. The molecular formula is C26H22Cl2N2O2. The smallest absolute Gasteiger partial charge is 0.118 e. The van der Waals surface area contributed by atoms with Crippen molar-refractivity contribution in [1.82, 2.24) is 4.98 Å². The average molecular weight is 465 g/mol. The first-order valence-electron chi connectivity index (χ1n) is 10.0. The topological polar surface area (TPSA) is 57.4 Å². The number of benzene rings is 3. The number of methoxy groups -OCH3 is 2. The lowest BCUT2D eigenvalue weighted by molar-refractivity contribution is 0.415. The molecule has 0 atom stereocenters. The van der Waals surface area contributed by atoms with Crippen LogP contribution in [0.15, 0.2) is 72.8 Å². The van der Waals surface area contributed by atoms with Crippen LogP contribution in [0, 0.1) is 0 Å². The molecule has 0 radical (unpaired) electrons. The Hall–Kier alpha value is -3.05. The van der Waals surface area contributed by atoms with Gasteiger partial charge in [0.15, 0.2) is 0 Å². The number of aromatic nitrogens is 1. The molecule has 0 saturated heterocycles. The van der Waals surface area contributed by atoms with E-state index in [0.29, 0.717) is 16.6 Å². The third-order valence-electron chi connectivity index (χ3n) is 5.27. The summed E-state index contributed by atoms with van der Waals surface area (Å²) in [7, 11) is 3.29. The minimum absolute atomic E-state index is 0.329. The third kappa shape index (κ3) is 4.44. The summed E-state index contributed by atoms with van der Waals surface area (Å²) >= 11 is 12.7. The van der Waals surface area contributed by atoms with Crippen LogP contribution in [-0.2, 0) is 6.54 Å². The van der Waals surface area contributed by atoms with Crippen molar-refractivity contribution in [2.45, 2.75) is 6.54 Å². The summed E-state index contributed by atoms with van der Waals surface area (Å²) in [6.45, 7) is 0.329. The summed E-state index contributed by atoms with van der Waals surface area (Å²) in [5, 5.41) is 1.13. The van der Waals surface area contributed by atoms with Crippen molar-refractivity contribution in [3.63, 3.8) is 0 Å². The summed E-state index contributed by atoms with van der Waals surface area (Å²) in [5.74, 6) is 1.55. The monoisotopic (exact) mass is 464 g/mol. The van der Waals surface area contributed by atoms with E-state index in [1.54, 1.807) is 20.3 Å². The molecule has 0 saturated carbocycles. The molecule has 162 valence electrons. The van der Waals surface area contributed by atoms with Gasteiger partial charge in [0.1, 0.15) is 11.5 Å². The molecule has 0 amide bonds. The lowest BCUT2D eigenvalue weighted by atomic mass is 9.94. The summed E-state index contributed by atoms with van der Waals surface area (Å²) in [5.41, 5.74) is 12.3. The lowest BCUT2D eigenvalue weighted by Gasteiger charge is -2.17. The highest BCUT2D eigenvalue weighted by Crippen LogP contribution is 2.39. The maximum absolute atomic E-state index is 6.58. The van der Waals surface area contributed by atoms with Gasteiger partial charge in [0.2, 0.25) is 0 Å². The molecule has 0 fully saturated rings. The van der Waals surface area contributed by atoms with Crippen LogP contribution in [-0.4, -0.2) is 19.2 Å². The van der Waals surface area contributed by atoms with E-state index in [0.717, 1.165) is 50.7 Å². The van der Waals surface area contributed by atoms with Crippen molar-refractivity contribution < 1.29 is 9.47 Å². The van der Waals surface area contributed by atoms with Crippen LogP contribution >= 0.6 is 23.2 Å². The molecule has 4 rings (SSSR count). The average Bonchev–Trinajstić information content (AvgIpc) is 2.83. The van der Waals surface area contributed by atoms with Gasteiger partial charge in [0.25, 0.3) is 0 Å². The predicted octanol–water partition coefficient (Wildman–Crippen LogP) is 6.87. The molecule has 0 unspecified atom stereocenters. The van der Waals surface area contributed by atoms with Crippen molar-refractivity contribution in [2.75, 3.05) is 14.2 Å². The number of hydrogen-bond acceptors (Lipinski definition) is 4. The highest BCUT2D eigenvalue weighted by molar-refractivity contribution is 6.36. The van der Waals surface area contributed by atoms with Crippen LogP contribution in [0.1, 0.15) is 5.56 Å². The van der Waals surface area contributed by atoms with Gasteiger partial charge in [-0.25, -0.2) is 4.98 Å². The Morgan fingerprint density at radius 2 is 1.28 bits per heavy atom. The van der Waals surface area contributed by atoms with Gasteiger partial charge in [-0.2, -0.15) is 0 Å². The molecule has 6 heteroatoms. The fourth-order valence-corrected chi connectivity index (χ4v) is 4.10. The minimum atomic E-state index is 0.329. The molecule has 3 aromatic carbocycles. The second kappa shape index (κ2) is 9.61. The van der Waals surface area contributed by atoms with E-state index < -0.39 is 0 Å². The van der Waals surface area contributed by atoms with E-state index in [-0.39, 0.29) is 0 Å². The Morgan fingerprint density at radius 1 is 0.719 bits per heavy atom. The summed E-state index contributed by atoms with van der Waals surface area (Å²) in [4.78, 5) is 5.08. The van der Waals surface area contributed by atoms with Crippen LogP contribution < -0.4 is 15.2 Å². The first-order valence-corrected chi connectivity index (χ1v) is 10.8. The van der Waals surface area contributed by atoms with Gasteiger partial charge < -0.3 is 15.2 Å². The Balaban J connectivity index is 1.97. The van der Waals surface area contributed by atoms with Crippen molar-refractivity contribution >= 4 is 23.2 Å². The molecule has 0 aliphatic heterocycles. The van der Waals surface area contributed by atoms with E-state index in [4.69, 9.17) is 43.4 Å². The highest BCUT2D eigenvalue weighted by atomic mass is 35.5. The zero-order chi connectivity index (χ0) is 22.7. The van der Waals surface area contributed by atoms with E-state index >= 15 is 0 Å². The molecule has 0 spiro atoms. The molecule has 1 aromatic heterocycles. The third-order valence-corrected chi connectivity index (χ3v) is 5.82.